The summed E-state index contributed by atoms with van der Waals surface area (Å²) in [5, 5.41) is 9.76. The molecule has 182 valence electrons. The van der Waals surface area contributed by atoms with Crippen LogP contribution in [0.25, 0.3) is 0 Å². The van der Waals surface area contributed by atoms with Gasteiger partial charge in [0.25, 0.3) is 0 Å². The van der Waals surface area contributed by atoms with E-state index in [0.717, 1.165) is 43.0 Å². The normalized spacial score (nSPS) is 23.2. The average molecular weight is 490 g/mol. The van der Waals surface area contributed by atoms with Gasteiger partial charge in [0.15, 0.2) is 0 Å². The van der Waals surface area contributed by atoms with E-state index < -0.39 is 40.7 Å². The highest BCUT2D eigenvalue weighted by Gasteiger charge is 2.32. The van der Waals surface area contributed by atoms with Gasteiger partial charge in [0.05, 0.1) is 30.1 Å². The third-order valence-corrected chi connectivity index (χ3v) is 7.48. The Hall–Kier alpha value is -2.79. The lowest BCUT2D eigenvalue weighted by Crippen LogP contribution is -2.51. The number of nitrogens with one attached hydrogen (secondary N) is 1. The van der Waals surface area contributed by atoms with Gasteiger partial charge in [-0.3, -0.25) is 4.79 Å². The van der Waals surface area contributed by atoms with Crippen molar-refractivity contribution in [2.24, 2.45) is 0 Å². The molecule has 4 rings (SSSR count). The maximum absolute atomic E-state index is 13.1. The number of hydrogen-bond donors (Lipinski definition) is 2. The highest BCUT2D eigenvalue weighted by Crippen LogP contribution is 2.21. The van der Waals surface area contributed by atoms with Gasteiger partial charge in [0, 0.05) is 31.9 Å². The van der Waals surface area contributed by atoms with Crippen LogP contribution in [0.5, 0.6) is 0 Å². The molecule has 34 heavy (non-hydrogen) atoms. The Morgan fingerprint density at radius 1 is 1.03 bits per heavy atom. The van der Waals surface area contributed by atoms with Crippen LogP contribution in [0, 0.1) is 5.82 Å². The number of para-hydroxylation sites is 1. The summed E-state index contributed by atoms with van der Waals surface area (Å²) in [5.74, 6) is -0.591. The fourth-order valence-corrected chi connectivity index (χ4v) is 5.34. The summed E-state index contributed by atoms with van der Waals surface area (Å²) in [5.41, 5.74) is 1.13. The number of rotatable bonds is 7. The number of amides is 1. The van der Waals surface area contributed by atoms with Gasteiger partial charge in [-0.15, -0.1) is 0 Å². The summed E-state index contributed by atoms with van der Waals surface area (Å²) < 4.78 is 46.6. The van der Waals surface area contributed by atoms with Crippen LogP contribution < -0.4 is 9.62 Å². The predicted octanol–water partition coefficient (Wildman–Crippen LogP) is 1.53. The average Bonchev–Trinajstić information content (AvgIpc) is 2.85. The van der Waals surface area contributed by atoms with Gasteiger partial charge < -0.3 is 19.6 Å². The molecule has 2 aromatic carbocycles. The van der Waals surface area contributed by atoms with E-state index in [0.29, 0.717) is 13.1 Å². The Kier molecular flexibility index (Phi) is 7.62. The number of nitrogens with zero attached hydrogens (tertiary/aromatic N) is 2. The first kappa shape index (κ1) is 24.3. The maximum Gasteiger partial charge on any atom is 0.241 e. The van der Waals surface area contributed by atoms with E-state index in [9.17, 15) is 22.7 Å². The Bertz CT molecular complexity index is 1100. The van der Waals surface area contributed by atoms with Crippen LogP contribution >= 0.6 is 0 Å². The molecular formula is C24H28FN3O5S. The van der Waals surface area contributed by atoms with E-state index in [1.807, 2.05) is 30.3 Å². The molecule has 0 spiro atoms. The molecule has 0 aliphatic carbocycles. The number of sulfonamides is 1. The van der Waals surface area contributed by atoms with Crippen LogP contribution in [-0.2, 0) is 19.6 Å². The molecule has 2 heterocycles. The van der Waals surface area contributed by atoms with Crippen molar-refractivity contribution in [3.63, 3.8) is 0 Å². The van der Waals surface area contributed by atoms with Gasteiger partial charge in [-0.2, -0.15) is 0 Å². The number of piperazine rings is 1. The Balaban J connectivity index is 1.32. The summed E-state index contributed by atoms with van der Waals surface area (Å²) in [6, 6.07) is 13.7. The second kappa shape index (κ2) is 10.6. The summed E-state index contributed by atoms with van der Waals surface area (Å²) in [6.45, 7) is 2.26. The van der Waals surface area contributed by atoms with Gasteiger partial charge >= 0.3 is 0 Å². The van der Waals surface area contributed by atoms with Crippen LogP contribution in [0.1, 0.15) is 6.42 Å². The van der Waals surface area contributed by atoms with Gasteiger partial charge in [-0.25, -0.2) is 17.5 Å². The van der Waals surface area contributed by atoms with Crippen molar-refractivity contribution >= 4 is 21.6 Å². The van der Waals surface area contributed by atoms with E-state index in [4.69, 9.17) is 4.74 Å². The zero-order valence-electron chi connectivity index (χ0n) is 18.6. The monoisotopic (exact) mass is 489 g/mol. The minimum absolute atomic E-state index is 0.0515. The van der Waals surface area contributed by atoms with Crippen LogP contribution in [0.2, 0.25) is 0 Å². The van der Waals surface area contributed by atoms with Gasteiger partial charge in [0.2, 0.25) is 15.9 Å². The molecule has 1 fully saturated rings. The van der Waals surface area contributed by atoms with Crippen LogP contribution in [-0.4, -0.2) is 75.4 Å². The molecule has 2 aromatic rings. The van der Waals surface area contributed by atoms with E-state index in [2.05, 4.69) is 9.62 Å². The molecule has 0 unspecified atom stereocenters. The quantitative estimate of drug-likeness (QED) is 0.573. The number of aliphatic hydroxyl groups is 1. The van der Waals surface area contributed by atoms with Crippen molar-refractivity contribution in [2.45, 2.75) is 29.6 Å². The van der Waals surface area contributed by atoms with Crippen LogP contribution in [0.15, 0.2) is 71.6 Å². The van der Waals surface area contributed by atoms with Gasteiger partial charge in [-0.1, -0.05) is 30.4 Å². The summed E-state index contributed by atoms with van der Waals surface area (Å²) in [6.07, 6.45) is 1.92. The van der Waals surface area contributed by atoms with Crippen LogP contribution in [0.3, 0.4) is 0 Å². The molecule has 10 heteroatoms. The lowest BCUT2D eigenvalue weighted by atomic mass is 10.1. The number of halogens is 1. The number of carbonyl (C=O) groups excluding carboxylic acids is 1. The molecule has 2 aliphatic heterocycles. The topological polar surface area (TPSA) is 99.2 Å². The Morgan fingerprint density at radius 2 is 1.71 bits per heavy atom. The summed E-state index contributed by atoms with van der Waals surface area (Å²) >= 11 is 0. The first-order valence-electron chi connectivity index (χ1n) is 11.2. The largest absolute Gasteiger partial charge is 0.394 e. The number of ether oxygens (including phenoxy) is 1. The number of hydrogen-bond acceptors (Lipinski definition) is 6. The molecule has 0 saturated carbocycles. The van der Waals surface area contributed by atoms with Crippen molar-refractivity contribution in [3.8, 4) is 0 Å². The number of anilines is 1. The smallest absolute Gasteiger partial charge is 0.241 e. The van der Waals surface area contributed by atoms with Gasteiger partial charge in [0.1, 0.15) is 11.9 Å². The first-order valence-corrected chi connectivity index (χ1v) is 12.6. The van der Waals surface area contributed by atoms with E-state index >= 15 is 0 Å². The second-order valence-electron chi connectivity index (χ2n) is 8.29. The molecular weight excluding hydrogens is 461 g/mol. The number of aliphatic hydroxyl groups excluding tert-OH is 1. The number of benzene rings is 2. The lowest BCUT2D eigenvalue weighted by Gasteiger charge is -2.37. The zero-order valence-corrected chi connectivity index (χ0v) is 19.4. The van der Waals surface area contributed by atoms with Gasteiger partial charge in [-0.05, 0) is 36.4 Å². The van der Waals surface area contributed by atoms with Crippen molar-refractivity contribution in [2.75, 3.05) is 37.7 Å². The summed E-state index contributed by atoms with van der Waals surface area (Å²) in [7, 11) is -3.94. The Labute approximate surface area is 198 Å². The lowest BCUT2D eigenvalue weighted by molar-refractivity contribution is -0.135. The summed E-state index contributed by atoms with van der Waals surface area (Å²) in [4.78, 5) is 16.8. The minimum Gasteiger partial charge on any atom is -0.394 e. The molecule has 0 bridgehead atoms. The van der Waals surface area contributed by atoms with Crippen molar-refractivity contribution in [1.29, 1.82) is 0 Å². The highest BCUT2D eigenvalue weighted by molar-refractivity contribution is 7.89. The predicted molar refractivity (Wildman–Crippen MR) is 125 cm³/mol. The molecule has 8 nitrogen and oxygen atoms in total. The van der Waals surface area contributed by atoms with E-state index in [1.165, 1.54) is 0 Å². The number of carbonyl (C=O) groups is 1. The fourth-order valence-electron chi connectivity index (χ4n) is 4.13. The third kappa shape index (κ3) is 5.82. The van der Waals surface area contributed by atoms with Crippen LogP contribution in [0.4, 0.5) is 10.1 Å². The maximum atomic E-state index is 13.1. The van der Waals surface area contributed by atoms with E-state index in [-0.39, 0.29) is 17.2 Å². The van der Waals surface area contributed by atoms with Crippen molar-refractivity contribution < 1.29 is 27.4 Å². The van der Waals surface area contributed by atoms with Crippen molar-refractivity contribution in [1.82, 2.24) is 9.62 Å². The van der Waals surface area contributed by atoms with Crippen molar-refractivity contribution in [3.05, 3.63) is 72.6 Å². The molecule has 2 N–H and O–H groups in total. The minimum atomic E-state index is -3.94. The highest BCUT2D eigenvalue weighted by atomic mass is 32.2. The first-order chi connectivity index (χ1) is 16.4. The van der Waals surface area contributed by atoms with E-state index in [1.54, 1.807) is 17.1 Å². The standard InChI is InChI=1S/C24H28FN3O5S/c25-18-6-9-21(10-7-18)34(31,32)26-22-11-8-20(33-23(22)17-29)16-24(30)28-14-12-27(13-15-28)19-4-2-1-3-5-19/h1-11,20,22-23,26,29H,12-17H2/t20-,22-,23+/m1/s1. The molecule has 0 aromatic heterocycles. The molecule has 0 radical (unpaired) electrons. The molecule has 1 saturated heterocycles. The zero-order chi connectivity index (χ0) is 24.1. The molecule has 1 amide bonds. The Morgan fingerprint density at radius 3 is 2.35 bits per heavy atom. The second-order valence-corrected chi connectivity index (χ2v) is 10.0. The fraction of sp³-hybridized carbons (Fsp3) is 0.375. The molecule has 3 atom stereocenters. The molecule has 2 aliphatic rings. The SMILES string of the molecule is O=C(C[C@H]1C=C[C@@H](NS(=O)(=O)c2ccc(F)cc2)[C@H](CO)O1)N1CCN(c2ccccc2)CC1. The third-order valence-electron chi connectivity index (χ3n) is 6.01.